The van der Waals surface area contributed by atoms with E-state index in [1.807, 2.05) is 24.3 Å². The van der Waals surface area contributed by atoms with E-state index in [1.165, 1.54) is 12.1 Å². The van der Waals surface area contributed by atoms with Gasteiger partial charge in [0, 0.05) is 10.2 Å². The second-order valence-corrected chi connectivity index (χ2v) is 5.38. The van der Waals surface area contributed by atoms with Crippen LogP contribution in [0, 0.1) is 5.82 Å². The van der Waals surface area contributed by atoms with Gasteiger partial charge < -0.3 is 10.4 Å². The van der Waals surface area contributed by atoms with Gasteiger partial charge in [-0.2, -0.15) is 0 Å². The standard InChI is InChI=1S/C14H12BrClFNO/c15-10-2-4-11(5-3-10)18-14(8-19)9-1-6-13(17)12(16)7-9/h1-7,14,18-19H,8H2. The molecule has 2 nitrogen and oxygen atoms in total. The molecule has 0 aliphatic carbocycles. The lowest BCUT2D eigenvalue weighted by atomic mass is 10.1. The number of benzene rings is 2. The Hall–Kier alpha value is -1.10. The first-order valence-electron chi connectivity index (χ1n) is 5.68. The van der Waals surface area contributed by atoms with Crippen molar-refractivity contribution in [2.45, 2.75) is 6.04 Å². The molecule has 0 spiro atoms. The summed E-state index contributed by atoms with van der Waals surface area (Å²) in [4.78, 5) is 0. The van der Waals surface area contributed by atoms with Crippen LogP contribution in [0.1, 0.15) is 11.6 Å². The van der Waals surface area contributed by atoms with Crippen LogP contribution < -0.4 is 5.32 Å². The van der Waals surface area contributed by atoms with Crippen molar-refractivity contribution in [2.75, 3.05) is 11.9 Å². The zero-order valence-electron chi connectivity index (χ0n) is 9.91. The Labute approximate surface area is 124 Å². The normalized spacial score (nSPS) is 12.2. The largest absolute Gasteiger partial charge is 0.394 e. The molecule has 0 saturated heterocycles. The van der Waals surface area contributed by atoms with E-state index in [9.17, 15) is 9.50 Å². The van der Waals surface area contributed by atoms with E-state index in [0.717, 1.165) is 15.7 Å². The highest BCUT2D eigenvalue weighted by Gasteiger charge is 2.12. The number of nitrogens with one attached hydrogen (secondary N) is 1. The van der Waals surface area contributed by atoms with Crippen molar-refractivity contribution < 1.29 is 9.50 Å². The Kier molecular flexibility index (Phi) is 4.80. The van der Waals surface area contributed by atoms with Crippen molar-refractivity contribution in [1.82, 2.24) is 0 Å². The van der Waals surface area contributed by atoms with Crippen LogP contribution in [-0.4, -0.2) is 11.7 Å². The fourth-order valence-corrected chi connectivity index (χ4v) is 2.16. The molecule has 2 N–H and O–H groups in total. The van der Waals surface area contributed by atoms with E-state index in [4.69, 9.17) is 11.6 Å². The molecule has 2 rings (SSSR count). The smallest absolute Gasteiger partial charge is 0.141 e. The molecule has 2 aromatic carbocycles. The molecule has 1 unspecified atom stereocenters. The number of hydrogen-bond donors (Lipinski definition) is 2. The average Bonchev–Trinajstić information content (AvgIpc) is 2.41. The zero-order valence-corrected chi connectivity index (χ0v) is 12.2. The molecule has 5 heteroatoms. The van der Waals surface area contributed by atoms with Crippen molar-refractivity contribution in [3.05, 3.63) is 63.3 Å². The van der Waals surface area contributed by atoms with Crippen molar-refractivity contribution in [2.24, 2.45) is 0 Å². The maximum absolute atomic E-state index is 13.1. The quantitative estimate of drug-likeness (QED) is 0.862. The van der Waals surface area contributed by atoms with Gasteiger partial charge in [0.05, 0.1) is 17.7 Å². The second-order valence-electron chi connectivity index (χ2n) is 4.06. The Morgan fingerprint density at radius 3 is 2.47 bits per heavy atom. The van der Waals surface area contributed by atoms with E-state index in [1.54, 1.807) is 6.07 Å². The topological polar surface area (TPSA) is 32.3 Å². The molecule has 0 fully saturated rings. The third-order valence-corrected chi connectivity index (χ3v) is 3.53. The molecular formula is C14H12BrClFNO. The highest BCUT2D eigenvalue weighted by atomic mass is 79.9. The average molecular weight is 345 g/mol. The van der Waals surface area contributed by atoms with Crippen molar-refractivity contribution in [1.29, 1.82) is 0 Å². The van der Waals surface area contributed by atoms with Crippen LogP contribution >= 0.6 is 27.5 Å². The summed E-state index contributed by atoms with van der Waals surface area (Å²) in [6.45, 7) is -0.113. The van der Waals surface area contributed by atoms with E-state index in [0.29, 0.717) is 0 Å². The van der Waals surface area contributed by atoms with Crippen LogP contribution in [0.4, 0.5) is 10.1 Å². The Morgan fingerprint density at radius 1 is 1.21 bits per heavy atom. The molecule has 0 aromatic heterocycles. The van der Waals surface area contributed by atoms with Gasteiger partial charge >= 0.3 is 0 Å². The number of hydrogen-bond acceptors (Lipinski definition) is 2. The Bertz CT molecular complexity index is 562. The molecule has 2 aromatic rings. The molecule has 0 saturated carbocycles. The van der Waals surface area contributed by atoms with Crippen molar-refractivity contribution in [3.63, 3.8) is 0 Å². The maximum Gasteiger partial charge on any atom is 0.141 e. The first kappa shape index (κ1) is 14.3. The molecule has 0 amide bonds. The summed E-state index contributed by atoms with van der Waals surface area (Å²) >= 11 is 9.10. The first-order chi connectivity index (χ1) is 9.10. The summed E-state index contributed by atoms with van der Waals surface area (Å²) in [5.41, 5.74) is 1.60. The SMILES string of the molecule is OCC(Nc1ccc(Br)cc1)c1ccc(F)c(Cl)c1. The second kappa shape index (κ2) is 6.37. The summed E-state index contributed by atoms with van der Waals surface area (Å²) in [6, 6.07) is 11.7. The van der Waals surface area contributed by atoms with Gasteiger partial charge in [0.15, 0.2) is 0 Å². The molecule has 100 valence electrons. The van der Waals surface area contributed by atoms with Crippen LogP contribution in [0.25, 0.3) is 0 Å². The van der Waals surface area contributed by atoms with E-state index < -0.39 is 5.82 Å². The van der Waals surface area contributed by atoms with Crippen LogP contribution in [0.2, 0.25) is 5.02 Å². The van der Waals surface area contributed by atoms with Gasteiger partial charge in [-0.15, -0.1) is 0 Å². The molecule has 0 heterocycles. The highest BCUT2D eigenvalue weighted by molar-refractivity contribution is 9.10. The monoisotopic (exact) mass is 343 g/mol. The Morgan fingerprint density at radius 2 is 1.89 bits per heavy atom. The molecule has 0 aliphatic rings. The fraction of sp³-hybridized carbons (Fsp3) is 0.143. The minimum absolute atomic E-state index is 0.0496. The molecular weight excluding hydrogens is 333 g/mol. The van der Waals surface area contributed by atoms with Crippen LogP contribution in [0.15, 0.2) is 46.9 Å². The van der Waals surface area contributed by atoms with Gasteiger partial charge in [0.1, 0.15) is 5.82 Å². The fourth-order valence-electron chi connectivity index (χ4n) is 1.71. The summed E-state index contributed by atoms with van der Waals surface area (Å²) in [7, 11) is 0. The highest BCUT2D eigenvalue weighted by Crippen LogP contribution is 2.24. The molecule has 0 radical (unpaired) electrons. The van der Waals surface area contributed by atoms with Gasteiger partial charge in [-0.05, 0) is 42.0 Å². The van der Waals surface area contributed by atoms with Gasteiger partial charge in [-0.25, -0.2) is 4.39 Å². The number of aliphatic hydroxyl groups excluding tert-OH is 1. The number of anilines is 1. The van der Waals surface area contributed by atoms with Crippen molar-refractivity contribution in [3.8, 4) is 0 Å². The van der Waals surface area contributed by atoms with Gasteiger partial charge in [-0.1, -0.05) is 33.6 Å². The van der Waals surface area contributed by atoms with Gasteiger partial charge in [-0.3, -0.25) is 0 Å². The summed E-state index contributed by atoms with van der Waals surface area (Å²) in [6.07, 6.45) is 0. The number of halogens is 3. The summed E-state index contributed by atoms with van der Waals surface area (Å²) in [5.74, 6) is -0.467. The minimum atomic E-state index is -0.467. The van der Waals surface area contributed by atoms with E-state index in [2.05, 4.69) is 21.2 Å². The van der Waals surface area contributed by atoms with E-state index in [-0.39, 0.29) is 17.7 Å². The van der Waals surface area contributed by atoms with Crippen LogP contribution in [0.5, 0.6) is 0 Å². The number of aliphatic hydroxyl groups is 1. The van der Waals surface area contributed by atoms with Gasteiger partial charge in [0.25, 0.3) is 0 Å². The molecule has 1 atom stereocenters. The van der Waals surface area contributed by atoms with Crippen molar-refractivity contribution >= 4 is 33.2 Å². The Balaban J connectivity index is 2.19. The molecule has 0 aliphatic heterocycles. The zero-order chi connectivity index (χ0) is 13.8. The van der Waals surface area contributed by atoms with E-state index >= 15 is 0 Å². The third kappa shape index (κ3) is 3.69. The molecule has 0 bridgehead atoms. The summed E-state index contributed by atoms with van der Waals surface area (Å²) < 4.78 is 14.1. The lowest BCUT2D eigenvalue weighted by Crippen LogP contribution is -2.14. The molecule has 19 heavy (non-hydrogen) atoms. The predicted molar refractivity (Wildman–Crippen MR) is 79.0 cm³/mol. The third-order valence-electron chi connectivity index (χ3n) is 2.71. The lowest BCUT2D eigenvalue weighted by molar-refractivity contribution is 0.276. The lowest BCUT2D eigenvalue weighted by Gasteiger charge is -2.18. The maximum atomic E-state index is 13.1. The predicted octanol–water partition coefficient (Wildman–Crippen LogP) is 4.39. The first-order valence-corrected chi connectivity index (χ1v) is 6.85. The number of rotatable bonds is 4. The summed E-state index contributed by atoms with van der Waals surface area (Å²) in [5, 5.41) is 12.7. The van der Waals surface area contributed by atoms with Gasteiger partial charge in [0.2, 0.25) is 0 Å². The minimum Gasteiger partial charge on any atom is -0.394 e. The van der Waals surface area contributed by atoms with Crippen LogP contribution in [0.3, 0.4) is 0 Å². The van der Waals surface area contributed by atoms with Crippen LogP contribution in [-0.2, 0) is 0 Å².